The van der Waals surface area contributed by atoms with Crippen molar-refractivity contribution in [3.63, 3.8) is 0 Å². The molecular formula is C15H20N2O3. The van der Waals surface area contributed by atoms with Gasteiger partial charge in [-0.25, -0.2) is 0 Å². The van der Waals surface area contributed by atoms with Crippen LogP contribution in [-0.2, 0) is 11.2 Å². The van der Waals surface area contributed by atoms with E-state index >= 15 is 0 Å². The highest BCUT2D eigenvalue weighted by Gasteiger charge is 2.13. The molecule has 0 spiro atoms. The zero-order valence-corrected chi connectivity index (χ0v) is 11.8. The van der Waals surface area contributed by atoms with Crippen LogP contribution in [0.4, 0.5) is 0 Å². The van der Waals surface area contributed by atoms with Crippen molar-refractivity contribution in [3.8, 4) is 0 Å². The molecule has 0 aliphatic heterocycles. The summed E-state index contributed by atoms with van der Waals surface area (Å²) < 4.78 is 5.15. The second-order valence-electron chi connectivity index (χ2n) is 5.25. The number of nitrogens with zero attached hydrogens (tertiary/aromatic N) is 1. The first-order valence-corrected chi connectivity index (χ1v) is 6.86. The lowest BCUT2D eigenvalue weighted by Crippen LogP contribution is -2.29. The van der Waals surface area contributed by atoms with Crippen LogP contribution in [0.25, 0.3) is 11.0 Å². The highest BCUT2D eigenvalue weighted by atomic mass is 16.5. The summed E-state index contributed by atoms with van der Waals surface area (Å²) in [5.74, 6) is 0.0893. The molecule has 108 valence electrons. The number of hydrogen-bond donors (Lipinski definition) is 2. The lowest BCUT2D eigenvalue weighted by Gasteiger charge is -2.14. The molecular weight excluding hydrogens is 256 g/mol. The number of nitrogens with one attached hydrogen (secondary N) is 1. The van der Waals surface area contributed by atoms with Crippen molar-refractivity contribution >= 4 is 16.9 Å². The van der Waals surface area contributed by atoms with E-state index in [2.05, 4.69) is 10.5 Å². The molecule has 0 saturated carbocycles. The molecule has 20 heavy (non-hydrogen) atoms. The van der Waals surface area contributed by atoms with Gasteiger partial charge in [-0.3, -0.25) is 4.79 Å². The molecule has 1 heterocycles. The fourth-order valence-electron chi connectivity index (χ4n) is 1.97. The van der Waals surface area contributed by atoms with Crippen LogP contribution in [0.3, 0.4) is 0 Å². The van der Waals surface area contributed by atoms with E-state index in [9.17, 15) is 9.90 Å². The number of hydrogen-bond acceptors (Lipinski definition) is 4. The molecule has 2 N–H and O–H groups in total. The average molecular weight is 276 g/mol. The first-order chi connectivity index (χ1) is 9.58. The van der Waals surface area contributed by atoms with Gasteiger partial charge >= 0.3 is 0 Å². The number of benzene rings is 1. The monoisotopic (exact) mass is 276 g/mol. The fraction of sp³-hybridized carbons (Fsp3) is 0.467. The smallest absolute Gasteiger partial charge is 0.226 e. The summed E-state index contributed by atoms with van der Waals surface area (Å²) in [5, 5.41) is 17.2. The molecule has 1 unspecified atom stereocenters. The second kappa shape index (κ2) is 6.52. The first kappa shape index (κ1) is 14.5. The molecule has 1 aromatic heterocycles. The molecule has 0 aliphatic rings. The standard InChI is InChI=1S/C15H20N2O3/c1-10(2)13(18)7-8-16-15(19)9-12-11-5-3-4-6-14(11)20-17-12/h3-6,10,13,18H,7-9H2,1-2H3,(H,16,19). The Morgan fingerprint density at radius 2 is 2.15 bits per heavy atom. The predicted octanol–water partition coefficient (Wildman–Crippen LogP) is 1.89. The largest absolute Gasteiger partial charge is 0.393 e. The number of carbonyl (C=O) groups is 1. The Balaban J connectivity index is 1.86. The lowest BCUT2D eigenvalue weighted by molar-refractivity contribution is -0.120. The summed E-state index contributed by atoms with van der Waals surface area (Å²) in [4.78, 5) is 11.8. The van der Waals surface area contributed by atoms with Crippen molar-refractivity contribution in [3.05, 3.63) is 30.0 Å². The Hall–Kier alpha value is -1.88. The Morgan fingerprint density at radius 3 is 2.90 bits per heavy atom. The van der Waals surface area contributed by atoms with Gasteiger partial charge in [0.1, 0.15) is 5.69 Å². The number of para-hydroxylation sites is 1. The summed E-state index contributed by atoms with van der Waals surface area (Å²) in [6.45, 7) is 4.37. The third-order valence-electron chi connectivity index (χ3n) is 3.31. The van der Waals surface area contributed by atoms with Gasteiger partial charge in [0, 0.05) is 11.9 Å². The van der Waals surface area contributed by atoms with Crippen molar-refractivity contribution in [1.82, 2.24) is 10.5 Å². The number of rotatable bonds is 6. The molecule has 2 rings (SSSR count). The van der Waals surface area contributed by atoms with Gasteiger partial charge in [0.25, 0.3) is 0 Å². The van der Waals surface area contributed by atoms with Crippen LogP contribution < -0.4 is 5.32 Å². The maximum atomic E-state index is 11.8. The minimum atomic E-state index is -0.386. The van der Waals surface area contributed by atoms with Gasteiger partial charge < -0.3 is 14.9 Å². The van der Waals surface area contributed by atoms with E-state index in [0.717, 1.165) is 5.39 Å². The van der Waals surface area contributed by atoms with E-state index in [-0.39, 0.29) is 24.3 Å². The Morgan fingerprint density at radius 1 is 1.40 bits per heavy atom. The molecule has 2 aromatic rings. The number of aliphatic hydroxyl groups excluding tert-OH is 1. The zero-order chi connectivity index (χ0) is 14.5. The lowest BCUT2D eigenvalue weighted by atomic mass is 10.0. The van der Waals surface area contributed by atoms with Crippen molar-refractivity contribution in [2.75, 3.05) is 6.54 Å². The summed E-state index contributed by atoms with van der Waals surface area (Å²) in [7, 11) is 0. The quantitative estimate of drug-likeness (QED) is 0.845. The van der Waals surface area contributed by atoms with Crippen LogP contribution in [0.1, 0.15) is 26.0 Å². The van der Waals surface area contributed by atoms with E-state index in [0.29, 0.717) is 24.2 Å². The normalized spacial score (nSPS) is 12.8. The van der Waals surface area contributed by atoms with Crippen LogP contribution >= 0.6 is 0 Å². The number of fused-ring (bicyclic) bond motifs is 1. The molecule has 0 saturated heterocycles. The number of aliphatic hydroxyl groups is 1. The minimum absolute atomic E-state index is 0.111. The van der Waals surface area contributed by atoms with Gasteiger partial charge in [0.15, 0.2) is 5.58 Å². The molecule has 1 aromatic carbocycles. The van der Waals surface area contributed by atoms with Crippen LogP contribution in [-0.4, -0.2) is 28.8 Å². The second-order valence-corrected chi connectivity index (χ2v) is 5.25. The SMILES string of the molecule is CC(C)C(O)CCNC(=O)Cc1noc2ccccc12. The maximum Gasteiger partial charge on any atom is 0.226 e. The predicted molar refractivity (Wildman–Crippen MR) is 76.2 cm³/mol. The van der Waals surface area contributed by atoms with E-state index < -0.39 is 0 Å². The van der Waals surface area contributed by atoms with Crippen LogP contribution in [0, 0.1) is 5.92 Å². The number of carbonyl (C=O) groups excluding carboxylic acids is 1. The Kier molecular flexibility index (Phi) is 4.74. The zero-order valence-electron chi connectivity index (χ0n) is 11.8. The van der Waals surface area contributed by atoms with Gasteiger partial charge in [0.05, 0.1) is 12.5 Å². The maximum absolute atomic E-state index is 11.8. The van der Waals surface area contributed by atoms with Crippen molar-refractivity contribution in [2.45, 2.75) is 32.8 Å². The molecule has 0 bridgehead atoms. The van der Waals surface area contributed by atoms with E-state index in [4.69, 9.17) is 4.52 Å². The number of aromatic nitrogens is 1. The van der Waals surface area contributed by atoms with Gasteiger partial charge in [-0.05, 0) is 24.5 Å². The van der Waals surface area contributed by atoms with Gasteiger partial charge in [0.2, 0.25) is 5.91 Å². The highest BCUT2D eigenvalue weighted by Crippen LogP contribution is 2.17. The van der Waals surface area contributed by atoms with Crippen LogP contribution in [0.5, 0.6) is 0 Å². The Bertz CT molecular complexity index is 577. The van der Waals surface area contributed by atoms with Crippen molar-refractivity contribution < 1.29 is 14.4 Å². The highest BCUT2D eigenvalue weighted by molar-refractivity contribution is 5.86. The molecule has 5 heteroatoms. The molecule has 0 fully saturated rings. The minimum Gasteiger partial charge on any atom is -0.393 e. The van der Waals surface area contributed by atoms with E-state index in [1.165, 1.54) is 0 Å². The van der Waals surface area contributed by atoms with Gasteiger partial charge in [-0.1, -0.05) is 31.1 Å². The molecule has 1 amide bonds. The molecule has 5 nitrogen and oxygen atoms in total. The number of amides is 1. The van der Waals surface area contributed by atoms with E-state index in [1.807, 2.05) is 38.1 Å². The molecule has 1 atom stereocenters. The molecule has 0 aliphatic carbocycles. The third-order valence-corrected chi connectivity index (χ3v) is 3.31. The summed E-state index contributed by atoms with van der Waals surface area (Å²) in [6, 6.07) is 7.46. The Labute approximate surface area is 118 Å². The fourth-order valence-corrected chi connectivity index (χ4v) is 1.97. The van der Waals surface area contributed by atoms with Crippen LogP contribution in [0.2, 0.25) is 0 Å². The topological polar surface area (TPSA) is 75.4 Å². The van der Waals surface area contributed by atoms with Crippen molar-refractivity contribution in [2.24, 2.45) is 5.92 Å². The third kappa shape index (κ3) is 3.57. The summed E-state index contributed by atoms with van der Waals surface area (Å²) >= 11 is 0. The summed E-state index contributed by atoms with van der Waals surface area (Å²) in [5.41, 5.74) is 1.33. The van der Waals surface area contributed by atoms with E-state index in [1.54, 1.807) is 0 Å². The first-order valence-electron chi connectivity index (χ1n) is 6.86. The average Bonchev–Trinajstić information content (AvgIpc) is 2.82. The van der Waals surface area contributed by atoms with Crippen LogP contribution in [0.15, 0.2) is 28.8 Å². The van der Waals surface area contributed by atoms with Crippen molar-refractivity contribution in [1.29, 1.82) is 0 Å². The summed E-state index contributed by atoms with van der Waals surface area (Å²) in [6.07, 6.45) is 0.362. The van der Waals surface area contributed by atoms with Gasteiger partial charge in [-0.2, -0.15) is 0 Å². The van der Waals surface area contributed by atoms with Gasteiger partial charge in [-0.15, -0.1) is 0 Å². The molecule has 0 radical (unpaired) electrons.